The normalized spacial score (nSPS) is 22.3. The van der Waals surface area contributed by atoms with Crippen LogP contribution < -0.4 is 5.32 Å². The first-order valence-corrected chi connectivity index (χ1v) is 4.88. The summed E-state index contributed by atoms with van der Waals surface area (Å²) in [4.78, 5) is 32.5. The van der Waals surface area contributed by atoms with E-state index in [9.17, 15) is 14.4 Å². The highest BCUT2D eigenvalue weighted by Crippen LogP contribution is 2.23. The summed E-state index contributed by atoms with van der Waals surface area (Å²) in [5, 5.41) is 10.4. The molecule has 1 saturated heterocycles. The van der Waals surface area contributed by atoms with E-state index in [-0.39, 0.29) is 6.61 Å². The van der Waals surface area contributed by atoms with Crippen LogP contribution in [0.25, 0.3) is 0 Å². The fourth-order valence-electron chi connectivity index (χ4n) is 1.04. The lowest BCUT2D eigenvalue weighted by molar-refractivity contribution is -0.145. The van der Waals surface area contributed by atoms with E-state index in [0.29, 0.717) is 6.42 Å². The molecule has 1 aliphatic heterocycles. The van der Waals surface area contributed by atoms with Crippen LogP contribution in [0.1, 0.15) is 13.3 Å². The average Bonchev–Trinajstić information content (AvgIpc) is 3.02. The summed E-state index contributed by atoms with van der Waals surface area (Å²) in [6, 6.07) is 0. The van der Waals surface area contributed by atoms with Crippen molar-refractivity contribution >= 4 is 17.8 Å². The fourth-order valence-corrected chi connectivity index (χ4v) is 1.04. The summed E-state index contributed by atoms with van der Waals surface area (Å²) in [5.41, 5.74) is 0. The Labute approximate surface area is 91.7 Å². The van der Waals surface area contributed by atoms with Crippen molar-refractivity contribution in [1.82, 2.24) is 5.32 Å². The van der Waals surface area contributed by atoms with Crippen molar-refractivity contribution in [1.29, 1.82) is 0 Å². The molecule has 2 N–H and O–H groups in total. The van der Waals surface area contributed by atoms with E-state index in [2.05, 4.69) is 5.32 Å². The number of rotatable bonds is 6. The van der Waals surface area contributed by atoms with Crippen LogP contribution in [0.3, 0.4) is 0 Å². The van der Waals surface area contributed by atoms with Crippen LogP contribution in [0, 0.1) is 0 Å². The Hall–Kier alpha value is -1.63. The number of nitrogens with one attached hydrogen (secondary N) is 1. The van der Waals surface area contributed by atoms with Crippen molar-refractivity contribution < 1.29 is 29.0 Å². The molecule has 0 aromatic rings. The van der Waals surface area contributed by atoms with Gasteiger partial charge in [-0.3, -0.25) is 9.59 Å². The van der Waals surface area contributed by atoms with Crippen LogP contribution in [-0.2, 0) is 23.9 Å². The van der Waals surface area contributed by atoms with Crippen molar-refractivity contribution in [3.8, 4) is 0 Å². The molecule has 90 valence electrons. The lowest BCUT2D eigenvalue weighted by Gasteiger charge is -1.99. The molecule has 1 amide bonds. The monoisotopic (exact) mass is 231 g/mol. The molecule has 1 heterocycles. The first-order chi connectivity index (χ1) is 7.56. The lowest BCUT2D eigenvalue weighted by Crippen LogP contribution is -2.34. The Bertz CT molecular complexity index is 302. The van der Waals surface area contributed by atoms with E-state index < -0.39 is 36.6 Å². The number of carbonyl (C=O) groups is 3. The standard InChI is InChI=1S/C9H13NO6/c1-2-3-15-9(14)7-6(16-7)8(13)10-4-5(11)12/h6-7H,2-4H2,1H3,(H,10,13)(H,11,12). The minimum Gasteiger partial charge on any atom is -0.480 e. The topological polar surface area (TPSA) is 105 Å². The third-order valence-corrected chi connectivity index (χ3v) is 1.84. The highest BCUT2D eigenvalue weighted by atomic mass is 16.6. The third-order valence-electron chi connectivity index (χ3n) is 1.84. The molecule has 1 fully saturated rings. The number of carbonyl (C=O) groups excluding carboxylic acids is 2. The number of hydrogen-bond donors (Lipinski definition) is 2. The van der Waals surface area contributed by atoms with Gasteiger partial charge in [0, 0.05) is 0 Å². The van der Waals surface area contributed by atoms with E-state index in [4.69, 9.17) is 14.6 Å². The Morgan fingerprint density at radius 1 is 1.38 bits per heavy atom. The molecule has 16 heavy (non-hydrogen) atoms. The molecule has 0 aliphatic carbocycles. The van der Waals surface area contributed by atoms with Gasteiger partial charge in [0.05, 0.1) is 6.61 Å². The van der Waals surface area contributed by atoms with Crippen molar-refractivity contribution in [2.45, 2.75) is 25.6 Å². The van der Waals surface area contributed by atoms with E-state index in [1.54, 1.807) is 0 Å². The average molecular weight is 231 g/mol. The van der Waals surface area contributed by atoms with Crippen molar-refractivity contribution in [3.05, 3.63) is 0 Å². The molecule has 0 aromatic carbocycles. The van der Waals surface area contributed by atoms with Gasteiger partial charge in [0.25, 0.3) is 5.91 Å². The molecule has 1 aliphatic rings. The molecule has 0 bridgehead atoms. The van der Waals surface area contributed by atoms with Gasteiger partial charge in [0.2, 0.25) is 0 Å². The third kappa shape index (κ3) is 3.50. The number of hydrogen-bond acceptors (Lipinski definition) is 5. The van der Waals surface area contributed by atoms with Crippen molar-refractivity contribution in [2.24, 2.45) is 0 Å². The summed E-state index contributed by atoms with van der Waals surface area (Å²) in [5.74, 6) is -2.35. The first-order valence-electron chi connectivity index (χ1n) is 4.88. The first kappa shape index (κ1) is 12.4. The smallest absolute Gasteiger partial charge is 0.338 e. The predicted molar refractivity (Wildman–Crippen MR) is 50.6 cm³/mol. The van der Waals surface area contributed by atoms with Gasteiger partial charge in [0.1, 0.15) is 6.54 Å². The quantitative estimate of drug-likeness (QED) is 0.444. The number of aliphatic carboxylic acids is 1. The molecule has 7 nitrogen and oxygen atoms in total. The molecule has 0 spiro atoms. The van der Waals surface area contributed by atoms with Gasteiger partial charge < -0.3 is 19.9 Å². The molecule has 0 saturated carbocycles. The summed E-state index contributed by atoms with van der Waals surface area (Å²) < 4.78 is 9.55. The molecule has 0 radical (unpaired) electrons. The lowest BCUT2D eigenvalue weighted by atomic mass is 10.3. The van der Waals surface area contributed by atoms with Gasteiger partial charge in [-0.25, -0.2) is 4.79 Å². The molecule has 2 unspecified atom stereocenters. The summed E-state index contributed by atoms with van der Waals surface area (Å²) in [6.07, 6.45) is -1.11. The molecule has 0 aromatic heterocycles. The van der Waals surface area contributed by atoms with Crippen LogP contribution in [0.4, 0.5) is 0 Å². The number of esters is 1. The zero-order valence-corrected chi connectivity index (χ0v) is 8.76. The van der Waals surface area contributed by atoms with E-state index in [0.717, 1.165) is 0 Å². The molecule has 1 rings (SSSR count). The minimum absolute atomic E-state index is 0.280. The maximum atomic E-state index is 11.2. The Kier molecular flexibility index (Phi) is 4.24. The SMILES string of the molecule is CCCOC(=O)C1OC1C(=O)NCC(=O)O. The second-order valence-corrected chi connectivity index (χ2v) is 3.26. The highest BCUT2D eigenvalue weighted by Gasteiger charge is 2.51. The van der Waals surface area contributed by atoms with Crippen LogP contribution in [0.5, 0.6) is 0 Å². The maximum absolute atomic E-state index is 11.2. The minimum atomic E-state index is -1.15. The summed E-state index contributed by atoms with van der Waals surface area (Å²) in [7, 11) is 0. The number of ether oxygens (including phenoxy) is 2. The largest absolute Gasteiger partial charge is 0.480 e. The molecular formula is C9H13NO6. The predicted octanol–water partition coefficient (Wildman–Crippen LogP) is -1.09. The number of epoxide rings is 1. The number of amides is 1. The molecular weight excluding hydrogens is 218 g/mol. The van der Waals surface area contributed by atoms with Crippen LogP contribution in [0.2, 0.25) is 0 Å². The second-order valence-electron chi connectivity index (χ2n) is 3.26. The van der Waals surface area contributed by atoms with Crippen molar-refractivity contribution in [3.63, 3.8) is 0 Å². The Morgan fingerprint density at radius 3 is 2.62 bits per heavy atom. The zero-order chi connectivity index (χ0) is 12.1. The number of carboxylic acids is 1. The zero-order valence-electron chi connectivity index (χ0n) is 8.76. The summed E-state index contributed by atoms with van der Waals surface area (Å²) in [6.45, 7) is 1.63. The van der Waals surface area contributed by atoms with Gasteiger partial charge in [-0.2, -0.15) is 0 Å². The van der Waals surface area contributed by atoms with Crippen molar-refractivity contribution in [2.75, 3.05) is 13.2 Å². The van der Waals surface area contributed by atoms with Gasteiger partial charge in [0.15, 0.2) is 12.2 Å². The van der Waals surface area contributed by atoms with E-state index in [1.807, 2.05) is 6.92 Å². The highest BCUT2D eigenvalue weighted by molar-refractivity contribution is 5.93. The Morgan fingerprint density at radius 2 is 2.06 bits per heavy atom. The van der Waals surface area contributed by atoms with Crippen LogP contribution >= 0.6 is 0 Å². The van der Waals surface area contributed by atoms with Gasteiger partial charge in [-0.05, 0) is 6.42 Å². The molecule has 2 atom stereocenters. The van der Waals surface area contributed by atoms with Gasteiger partial charge in [-0.15, -0.1) is 0 Å². The maximum Gasteiger partial charge on any atom is 0.338 e. The fraction of sp³-hybridized carbons (Fsp3) is 0.667. The Balaban J connectivity index is 2.24. The van der Waals surface area contributed by atoms with E-state index in [1.165, 1.54) is 0 Å². The van der Waals surface area contributed by atoms with Crippen LogP contribution in [0.15, 0.2) is 0 Å². The van der Waals surface area contributed by atoms with Gasteiger partial charge >= 0.3 is 11.9 Å². The van der Waals surface area contributed by atoms with Crippen LogP contribution in [-0.4, -0.2) is 48.3 Å². The number of carboxylic acid groups (broad SMARTS) is 1. The van der Waals surface area contributed by atoms with Gasteiger partial charge in [-0.1, -0.05) is 6.92 Å². The van der Waals surface area contributed by atoms with E-state index >= 15 is 0 Å². The summed E-state index contributed by atoms with van der Waals surface area (Å²) >= 11 is 0. The molecule has 7 heteroatoms. The second kappa shape index (κ2) is 5.45.